The average Bonchev–Trinajstić information content (AvgIpc) is 2.31. The molecule has 0 atom stereocenters. The van der Waals surface area contributed by atoms with Crippen molar-refractivity contribution in [3.05, 3.63) is 28.8 Å². The van der Waals surface area contributed by atoms with Crippen molar-refractivity contribution in [2.24, 2.45) is 0 Å². The number of amides is 3. The van der Waals surface area contributed by atoms with Crippen molar-refractivity contribution < 1.29 is 9.59 Å². The van der Waals surface area contributed by atoms with Crippen LogP contribution < -0.4 is 16.0 Å². The summed E-state index contributed by atoms with van der Waals surface area (Å²) in [5, 5.41) is 8.05. The molecule has 3 N–H and O–H groups in total. The lowest BCUT2D eigenvalue weighted by Crippen LogP contribution is -2.38. The lowest BCUT2D eigenvalue weighted by atomic mass is 10.2. The van der Waals surface area contributed by atoms with E-state index in [4.69, 9.17) is 11.6 Å². The minimum absolute atomic E-state index is 0.0663. The van der Waals surface area contributed by atoms with Crippen LogP contribution in [-0.2, 0) is 4.79 Å². The van der Waals surface area contributed by atoms with E-state index in [0.29, 0.717) is 17.3 Å². The van der Waals surface area contributed by atoms with E-state index in [0.717, 1.165) is 5.56 Å². The molecule has 18 heavy (non-hydrogen) atoms. The van der Waals surface area contributed by atoms with Gasteiger partial charge >= 0.3 is 6.03 Å². The summed E-state index contributed by atoms with van der Waals surface area (Å²) in [5.74, 6) is -0.234. The standard InChI is InChI=1S/C12H16ClN3O2/c1-3-14-11(17)7-15-12(18)16-10-5-4-8(2)6-9(10)13/h4-6H,3,7H2,1-2H3,(H,14,17)(H2,15,16,18). The number of urea groups is 1. The van der Waals surface area contributed by atoms with Crippen molar-refractivity contribution in [3.63, 3.8) is 0 Å². The molecular formula is C12H16ClN3O2. The first-order valence-corrected chi connectivity index (χ1v) is 5.98. The highest BCUT2D eigenvalue weighted by Crippen LogP contribution is 2.22. The highest BCUT2D eigenvalue weighted by molar-refractivity contribution is 6.33. The molecule has 1 rings (SSSR count). The number of likely N-dealkylation sites (N-methyl/N-ethyl adjacent to an activating group) is 1. The zero-order chi connectivity index (χ0) is 13.5. The molecule has 0 aliphatic rings. The van der Waals surface area contributed by atoms with E-state index in [1.807, 2.05) is 19.9 Å². The average molecular weight is 270 g/mol. The number of rotatable bonds is 4. The molecule has 3 amide bonds. The van der Waals surface area contributed by atoms with Gasteiger partial charge in [0.2, 0.25) is 5.91 Å². The second kappa shape index (κ2) is 6.86. The lowest BCUT2D eigenvalue weighted by Gasteiger charge is -2.09. The van der Waals surface area contributed by atoms with Crippen LogP contribution in [0, 0.1) is 6.92 Å². The summed E-state index contributed by atoms with van der Waals surface area (Å²) < 4.78 is 0. The highest BCUT2D eigenvalue weighted by Gasteiger charge is 2.07. The Labute approximate surface area is 111 Å². The first-order valence-electron chi connectivity index (χ1n) is 5.60. The molecular weight excluding hydrogens is 254 g/mol. The van der Waals surface area contributed by atoms with Gasteiger partial charge in [-0.25, -0.2) is 4.79 Å². The molecule has 0 radical (unpaired) electrons. The largest absolute Gasteiger partial charge is 0.355 e. The molecule has 0 spiro atoms. The zero-order valence-electron chi connectivity index (χ0n) is 10.3. The summed E-state index contributed by atoms with van der Waals surface area (Å²) in [6.45, 7) is 4.18. The van der Waals surface area contributed by atoms with Crippen LogP contribution in [0.25, 0.3) is 0 Å². The Balaban J connectivity index is 2.47. The summed E-state index contributed by atoms with van der Waals surface area (Å²) in [7, 11) is 0. The van der Waals surface area contributed by atoms with E-state index >= 15 is 0 Å². The molecule has 0 saturated heterocycles. The van der Waals surface area contributed by atoms with E-state index in [2.05, 4.69) is 16.0 Å². The fraction of sp³-hybridized carbons (Fsp3) is 0.333. The summed E-state index contributed by atoms with van der Waals surface area (Å²) >= 11 is 5.96. The molecule has 0 saturated carbocycles. The Morgan fingerprint density at radius 3 is 2.61 bits per heavy atom. The normalized spacial score (nSPS) is 9.72. The number of carbonyl (C=O) groups excluding carboxylic acids is 2. The molecule has 1 aromatic rings. The fourth-order valence-corrected chi connectivity index (χ4v) is 1.59. The molecule has 6 heteroatoms. The van der Waals surface area contributed by atoms with Gasteiger partial charge in [0.25, 0.3) is 0 Å². The number of benzene rings is 1. The maximum absolute atomic E-state index is 11.5. The van der Waals surface area contributed by atoms with Gasteiger partial charge in [-0.2, -0.15) is 0 Å². The predicted octanol–water partition coefficient (Wildman–Crippen LogP) is 1.91. The molecule has 0 aliphatic carbocycles. The van der Waals surface area contributed by atoms with Crippen molar-refractivity contribution in [1.29, 1.82) is 0 Å². The number of nitrogens with one attached hydrogen (secondary N) is 3. The van der Waals surface area contributed by atoms with Crippen LogP contribution in [0.15, 0.2) is 18.2 Å². The Morgan fingerprint density at radius 1 is 1.28 bits per heavy atom. The maximum atomic E-state index is 11.5. The second-order valence-corrected chi connectivity index (χ2v) is 4.15. The topological polar surface area (TPSA) is 70.2 Å². The van der Waals surface area contributed by atoms with E-state index in [9.17, 15) is 9.59 Å². The van der Waals surface area contributed by atoms with Crippen LogP contribution in [0.3, 0.4) is 0 Å². The van der Waals surface area contributed by atoms with Gasteiger partial charge in [-0.05, 0) is 31.5 Å². The third-order valence-corrected chi connectivity index (χ3v) is 2.47. The molecule has 5 nitrogen and oxygen atoms in total. The fourth-order valence-electron chi connectivity index (χ4n) is 1.31. The van der Waals surface area contributed by atoms with Gasteiger partial charge in [-0.15, -0.1) is 0 Å². The Morgan fingerprint density at radius 2 is 2.00 bits per heavy atom. The number of halogens is 1. The molecule has 98 valence electrons. The molecule has 1 aromatic carbocycles. The summed E-state index contributed by atoms with van der Waals surface area (Å²) in [4.78, 5) is 22.6. The smallest absolute Gasteiger partial charge is 0.319 e. The van der Waals surface area contributed by atoms with Crippen molar-refractivity contribution in [1.82, 2.24) is 10.6 Å². The minimum Gasteiger partial charge on any atom is -0.355 e. The number of aryl methyl sites for hydroxylation is 1. The highest BCUT2D eigenvalue weighted by atomic mass is 35.5. The van der Waals surface area contributed by atoms with Gasteiger partial charge < -0.3 is 16.0 Å². The van der Waals surface area contributed by atoms with Gasteiger partial charge in [0.05, 0.1) is 17.3 Å². The molecule has 0 bridgehead atoms. The Hall–Kier alpha value is -1.75. The summed E-state index contributed by atoms with van der Waals surface area (Å²) in [6, 6.07) is 4.84. The quantitative estimate of drug-likeness (QED) is 0.781. The van der Waals surface area contributed by atoms with Crippen LogP contribution in [0.5, 0.6) is 0 Å². The van der Waals surface area contributed by atoms with Crippen LogP contribution in [0.4, 0.5) is 10.5 Å². The lowest BCUT2D eigenvalue weighted by molar-refractivity contribution is -0.119. The van der Waals surface area contributed by atoms with E-state index in [1.54, 1.807) is 12.1 Å². The van der Waals surface area contributed by atoms with E-state index in [-0.39, 0.29) is 12.5 Å². The van der Waals surface area contributed by atoms with Gasteiger partial charge in [0, 0.05) is 6.54 Å². The minimum atomic E-state index is -0.466. The SMILES string of the molecule is CCNC(=O)CNC(=O)Nc1ccc(C)cc1Cl. The first-order chi connectivity index (χ1) is 8.52. The third-order valence-electron chi connectivity index (χ3n) is 2.16. The monoisotopic (exact) mass is 269 g/mol. The maximum Gasteiger partial charge on any atom is 0.319 e. The molecule has 0 aliphatic heterocycles. The van der Waals surface area contributed by atoms with Gasteiger partial charge in [-0.1, -0.05) is 17.7 Å². The molecule has 0 fully saturated rings. The van der Waals surface area contributed by atoms with Crippen LogP contribution in [0.1, 0.15) is 12.5 Å². The second-order valence-electron chi connectivity index (χ2n) is 3.74. The van der Waals surface area contributed by atoms with E-state index in [1.165, 1.54) is 0 Å². The van der Waals surface area contributed by atoms with Gasteiger partial charge in [-0.3, -0.25) is 4.79 Å². The van der Waals surface area contributed by atoms with Gasteiger partial charge in [0.1, 0.15) is 0 Å². The van der Waals surface area contributed by atoms with Crippen LogP contribution in [0.2, 0.25) is 5.02 Å². The predicted molar refractivity (Wildman–Crippen MR) is 71.9 cm³/mol. The number of hydrogen-bond acceptors (Lipinski definition) is 2. The first kappa shape index (κ1) is 14.3. The zero-order valence-corrected chi connectivity index (χ0v) is 11.1. The number of hydrogen-bond donors (Lipinski definition) is 3. The van der Waals surface area contributed by atoms with Crippen molar-refractivity contribution >= 4 is 29.2 Å². The Bertz CT molecular complexity index is 449. The Kier molecular flexibility index (Phi) is 5.45. The summed E-state index contributed by atoms with van der Waals surface area (Å²) in [6.07, 6.45) is 0. The third kappa shape index (κ3) is 4.63. The van der Waals surface area contributed by atoms with Crippen molar-refractivity contribution in [2.45, 2.75) is 13.8 Å². The number of carbonyl (C=O) groups is 2. The summed E-state index contributed by atoms with van der Waals surface area (Å²) in [5.41, 5.74) is 1.52. The molecule has 0 aromatic heterocycles. The van der Waals surface area contributed by atoms with Gasteiger partial charge in [0.15, 0.2) is 0 Å². The van der Waals surface area contributed by atoms with Crippen molar-refractivity contribution in [2.75, 3.05) is 18.4 Å². The number of anilines is 1. The van der Waals surface area contributed by atoms with Crippen molar-refractivity contribution in [3.8, 4) is 0 Å². The van der Waals surface area contributed by atoms with Crippen LogP contribution >= 0.6 is 11.6 Å². The van der Waals surface area contributed by atoms with E-state index < -0.39 is 6.03 Å². The molecule has 0 unspecified atom stereocenters. The van der Waals surface area contributed by atoms with Crippen LogP contribution in [-0.4, -0.2) is 25.0 Å². The molecule has 0 heterocycles.